The molecule has 0 aliphatic carbocycles. The second-order valence-corrected chi connectivity index (χ2v) is 3.91. The highest BCUT2D eigenvalue weighted by Gasteiger charge is 2.00. The van der Waals surface area contributed by atoms with Gasteiger partial charge < -0.3 is 5.73 Å². The van der Waals surface area contributed by atoms with Gasteiger partial charge in [0.15, 0.2) is 0 Å². The molecule has 0 rings (SSSR count). The van der Waals surface area contributed by atoms with Crippen LogP contribution in [0, 0.1) is 5.92 Å². The van der Waals surface area contributed by atoms with Crippen LogP contribution >= 0.6 is 12.2 Å². The van der Waals surface area contributed by atoms with Crippen LogP contribution in [0.15, 0.2) is 0 Å². The molecule has 0 unspecified atom stereocenters. The standard InChI is InChI=1S/C8H18N2S/c1-7(2)4-5-10(3)6-8(9)11/h7H,4-6H2,1-3H3,(H2,9,11). The van der Waals surface area contributed by atoms with E-state index in [2.05, 4.69) is 18.7 Å². The van der Waals surface area contributed by atoms with E-state index in [1.165, 1.54) is 6.42 Å². The lowest BCUT2D eigenvalue weighted by atomic mass is 10.1. The van der Waals surface area contributed by atoms with Gasteiger partial charge in [-0.25, -0.2) is 0 Å². The SMILES string of the molecule is CC(C)CCN(C)CC(N)=S. The van der Waals surface area contributed by atoms with E-state index >= 15 is 0 Å². The number of likely N-dealkylation sites (N-methyl/N-ethyl adjacent to an activating group) is 1. The number of nitrogens with zero attached hydrogens (tertiary/aromatic N) is 1. The van der Waals surface area contributed by atoms with Gasteiger partial charge in [-0.3, -0.25) is 4.90 Å². The topological polar surface area (TPSA) is 29.3 Å². The third kappa shape index (κ3) is 7.75. The fourth-order valence-corrected chi connectivity index (χ4v) is 1.04. The summed E-state index contributed by atoms with van der Waals surface area (Å²) >= 11 is 4.79. The fourth-order valence-electron chi connectivity index (χ4n) is 0.824. The van der Waals surface area contributed by atoms with E-state index in [1.807, 2.05) is 7.05 Å². The Balaban J connectivity index is 3.37. The highest BCUT2D eigenvalue weighted by Crippen LogP contribution is 1.99. The maximum Gasteiger partial charge on any atom is 0.0869 e. The van der Waals surface area contributed by atoms with Crippen molar-refractivity contribution in [3.8, 4) is 0 Å². The number of nitrogens with two attached hydrogens (primary N) is 1. The summed E-state index contributed by atoms with van der Waals surface area (Å²) in [6, 6.07) is 0. The molecule has 0 saturated heterocycles. The Morgan fingerprint density at radius 3 is 2.45 bits per heavy atom. The van der Waals surface area contributed by atoms with E-state index in [-0.39, 0.29) is 0 Å². The molecule has 11 heavy (non-hydrogen) atoms. The van der Waals surface area contributed by atoms with Crippen molar-refractivity contribution in [2.45, 2.75) is 20.3 Å². The van der Waals surface area contributed by atoms with Crippen LogP contribution in [0.2, 0.25) is 0 Å². The highest BCUT2D eigenvalue weighted by atomic mass is 32.1. The minimum absolute atomic E-state index is 0.580. The van der Waals surface area contributed by atoms with Gasteiger partial charge in [-0.15, -0.1) is 0 Å². The number of hydrogen-bond donors (Lipinski definition) is 1. The average Bonchev–Trinajstić information content (AvgIpc) is 1.82. The monoisotopic (exact) mass is 174 g/mol. The van der Waals surface area contributed by atoms with Crippen molar-refractivity contribution in [1.82, 2.24) is 4.90 Å². The Bertz CT molecular complexity index is 123. The van der Waals surface area contributed by atoms with Crippen molar-refractivity contribution in [3.63, 3.8) is 0 Å². The van der Waals surface area contributed by atoms with Crippen LogP contribution in [0.25, 0.3) is 0 Å². The summed E-state index contributed by atoms with van der Waals surface area (Å²) in [5.74, 6) is 0.754. The van der Waals surface area contributed by atoms with Crippen LogP contribution in [0.3, 0.4) is 0 Å². The molecule has 2 N–H and O–H groups in total. The van der Waals surface area contributed by atoms with Crippen LogP contribution in [0.4, 0.5) is 0 Å². The minimum Gasteiger partial charge on any atom is -0.392 e. The number of hydrogen-bond acceptors (Lipinski definition) is 2. The van der Waals surface area contributed by atoms with Crippen LogP contribution in [-0.2, 0) is 0 Å². The molecule has 0 aliphatic heterocycles. The summed E-state index contributed by atoms with van der Waals surface area (Å²) in [6.45, 7) is 6.25. The summed E-state index contributed by atoms with van der Waals surface area (Å²) in [7, 11) is 2.04. The average molecular weight is 174 g/mol. The van der Waals surface area contributed by atoms with Gasteiger partial charge in [0.25, 0.3) is 0 Å². The smallest absolute Gasteiger partial charge is 0.0869 e. The minimum atomic E-state index is 0.580. The van der Waals surface area contributed by atoms with E-state index in [1.54, 1.807) is 0 Å². The van der Waals surface area contributed by atoms with Gasteiger partial charge >= 0.3 is 0 Å². The molecule has 0 aromatic heterocycles. The van der Waals surface area contributed by atoms with E-state index in [4.69, 9.17) is 18.0 Å². The predicted molar refractivity (Wildman–Crippen MR) is 53.7 cm³/mol. The van der Waals surface area contributed by atoms with Gasteiger partial charge in [-0.05, 0) is 25.9 Å². The lowest BCUT2D eigenvalue weighted by Gasteiger charge is -2.16. The molecule has 2 nitrogen and oxygen atoms in total. The Kier molecular flexibility index (Phi) is 5.42. The molecule has 0 aliphatic rings. The van der Waals surface area contributed by atoms with Gasteiger partial charge in [-0.1, -0.05) is 26.1 Å². The molecule has 0 bridgehead atoms. The molecule has 0 saturated carbocycles. The van der Waals surface area contributed by atoms with E-state index in [0.29, 0.717) is 4.99 Å². The molecule has 0 radical (unpaired) electrons. The number of thiocarbonyl (C=S) groups is 1. The quantitative estimate of drug-likeness (QED) is 0.636. The maximum absolute atomic E-state index is 5.39. The Morgan fingerprint density at radius 1 is 1.55 bits per heavy atom. The second-order valence-electron chi connectivity index (χ2n) is 3.39. The van der Waals surface area contributed by atoms with Crippen molar-refractivity contribution in [1.29, 1.82) is 0 Å². The van der Waals surface area contributed by atoms with Gasteiger partial charge in [0, 0.05) is 6.54 Å². The van der Waals surface area contributed by atoms with Crippen LogP contribution in [0.1, 0.15) is 20.3 Å². The van der Waals surface area contributed by atoms with Crippen LogP contribution < -0.4 is 5.73 Å². The summed E-state index contributed by atoms with van der Waals surface area (Å²) in [6.07, 6.45) is 1.21. The molecule has 0 heterocycles. The Hall–Kier alpha value is -0.150. The molecule has 3 heteroatoms. The first-order chi connectivity index (χ1) is 5.02. The third-order valence-corrected chi connectivity index (χ3v) is 1.64. The molecular formula is C8H18N2S. The first-order valence-corrected chi connectivity index (χ1v) is 4.40. The van der Waals surface area contributed by atoms with Crippen molar-refractivity contribution < 1.29 is 0 Å². The maximum atomic E-state index is 5.39. The summed E-state index contributed by atoms with van der Waals surface area (Å²) in [4.78, 5) is 2.73. The fraction of sp³-hybridized carbons (Fsp3) is 0.875. The molecule has 0 atom stereocenters. The molecule has 66 valence electrons. The van der Waals surface area contributed by atoms with Gasteiger partial charge in [0.2, 0.25) is 0 Å². The lowest BCUT2D eigenvalue weighted by Crippen LogP contribution is -2.30. The number of rotatable bonds is 5. The van der Waals surface area contributed by atoms with Crippen molar-refractivity contribution in [2.24, 2.45) is 11.7 Å². The Labute approximate surface area is 74.8 Å². The summed E-state index contributed by atoms with van der Waals surface area (Å²) in [5, 5.41) is 0. The predicted octanol–water partition coefficient (Wildman–Crippen LogP) is 1.25. The van der Waals surface area contributed by atoms with E-state index in [0.717, 1.165) is 19.0 Å². The van der Waals surface area contributed by atoms with Gasteiger partial charge in [-0.2, -0.15) is 0 Å². The summed E-state index contributed by atoms with van der Waals surface area (Å²) in [5.41, 5.74) is 5.39. The third-order valence-electron chi connectivity index (χ3n) is 1.51. The zero-order chi connectivity index (χ0) is 8.85. The van der Waals surface area contributed by atoms with Crippen molar-refractivity contribution in [3.05, 3.63) is 0 Å². The Morgan fingerprint density at radius 2 is 2.09 bits per heavy atom. The van der Waals surface area contributed by atoms with Crippen LogP contribution in [0.5, 0.6) is 0 Å². The molecule has 0 aromatic rings. The summed E-state index contributed by atoms with van der Waals surface area (Å²) < 4.78 is 0. The van der Waals surface area contributed by atoms with Crippen molar-refractivity contribution >= 4 is 17.2 Å². The molecule has 0 amide bonds. The second kappa shape index (κ2) is 5.49. The molecule has 0 fully saturated rings. The highest BCUT2D eigenvalue weighted by molar-refractivity contribution is 7.80. The molecule has 0 aromatic carbocycles. The molecule has 0 spiro atoms. The first kappa shape index (κ1) is 10.8. The van der Waals surface area contributed by atoms with Gasteiger partial charge in [0.05, 0.1) is 4.99 Å². The van der Waals surface area contributed by atoms with Crippen LogP contribution in [-0.4, -0.2) is 30.0 Å². The zero-order valence-corrected chi connectivity index (χ0v) is 8.45. The first-order valence-electron chi connectivity index (χ1n) is 3.99. The van der Waals surface area contributed by atoms with Crippen molar-refractivity contribution in [2.75, 3.05) is 20.1 Å². The van der Waals surface area contributed by atoms with E-state index in [9.17, 15) is 0 Å². The lowest BCUT2D eigenvalue weighted by molar-refractivity contribution is 0.348. The molecular weight excluding hydrogens is 156 g/mol. The largest absolute Gasteiger partial charge is 0.392 e. The zero-order valence-electron chi connectivity index (χ0n) is 7.63. The van der Waals surface area contributed by atoms with E-state index < -0.39 is 0 Å². The normalized spacial score (nSPS) is 11.0. The van der Waals surface area contributed by atoms with Gasteiger partial charge in [0.1, 0.15) is 0 Å².